The number of halogens is 3. The highest BCUT2D eigenvalue weighted by Gasteiger charge is 2.76. The number of alkyl halides is 3. The third kappa shape index (κ3) is 4.43. The topological polar surface area (TPSA) is 124 Å². The Labute approximate surface area is 266 Å². The van der Waals surface area contributed by atoms with E-state index in [1.807, 2.05) is 6.08 Å². The van der Waals surface area contributed by atoms with E-state index in [1.54, 1.807) is 48.5 Å². The van der Waals surface area contributed by atoms with Crippen LogP contribution in [-0.2, 0) is 25.6 Å². The van der Waals surface area contributed by atoms with Crippen molar-refractivity contribution >= 4 is 62.8 Å². The number of amides is 4. The molecule has 0 spiro atoms. The van der Waals surface area contributed by atoms with Gasteiger partial charge in [-0.3, -0.25) is 29.0 Å². The first-order valence-electron chi connectivity index (χ1n) is 14.0. The number of hydrogen-bond acceptors (Lipinski definition) is 7. The van der Waals surface area contributed by atoms with Gasteiger partial charge in [-0.05, 0) is 48.9 Å². The highest BCUT2D eigenvalue weighted by atomic mass is 79.9. The van der Waals surface area contributed by atoms with Crippen molar-refractivity contribution < 1.29 is 34.1 Å². The molecule has 4 aliphatic rings. The highest BCUT2D eigenvalue weighted by molar-refractivity contribution is 9.09. The van der Waals surface area contributed by atoms with E-state index in [4.69, 9.17) is 27.9 Å². The summed E-state index contributed by atoms with van der Waals surface area (Å²) >= 11 is 17.8. The summed E-state index contributed by atoms with van der Waals surface area (Å²) in [5, 5.41) is 19.0. The average Bonchev–Trinajstić information content (AvgIpc) is 3.33. The first-order chi connectivity index (χ1) is 20.6. The number of para-hydroxylation sites is 1. The number of carbonyl (C=O) groups is 4. The number of nitrogens with zero attached hydrogens (tertiary/aromatic N) is 2. The summed E-state index contributed by atoms with van der Waals surface area (Å²) in [5.74, 6) is -4.45. The molecule has 2 aromatic rings. The van der Waals surface area contributed by atoms with E-state index in [1.165, 1.54) is 4.90 Å². The minimum absolute atomic E-state index is 0.0123. The van der Waals surface area contributed by atoms with Gasteiger partial charge in [-0.15, -0.1) is 23.2 Å². The fourth-order valence-electron chi connectivity index (χ4n) is 7.29. The van der Waals surface area contributed by atoms with Gasteiger partial charge in [0.2, 0.25) is 11.8 Å². The Morgan fingerprint density at radius 3 is 2.37 bits per heavy atom. The first kappa shape index (κ1) is 30.1. The van der Waals surface area contributed by atoms with Crippen LogP contribution in [-0.4, -0.2) is 78.6 Å². The molecule has 2 saturated heterocycles. The number of phenols is 1. The lowest BCUT2D eigenvalue weighted by Crippen LogP contribution is -2.60. The molecule has 0 bridgehead atoms. The number of rotatable bonds is 8. The molecule has 0 aromatic heterocycles. The van der Waals surface area contributed by atoms with E-state index in [-0.39, 0.29) is 55.6 Å². The fraction of sp³-hybridized carbons (Fsp3) is 0.419. The Morgan fingerprint density at radius 2 is 1.67 bits per heavy atom. The van der Waals surface area contributed by atoms with Gasteiger partial charge >= 0.3 is 0 Å². The number of phenolic OH excluding ortho intramolecular Hbond substituents is 1. The van der Waals surface area contributed by atoms with Gasteiger partial charge in [0, 0.05) is 18.0 Å². The molecule has 0 radical (unpaired) electrons. The van der Waals surface area contributed by atoms with Crippen LogP contribution < -0.4 is 4.74 Å². The molecule has 6 unspecified atom stereocenters. The lowest BCUT2D eigenvalue weighted by atomic mass is 9.56. The normalized spacial score (nSPS) is 31.6. The molecule has 2 aromatic carbocycles. The third-order valence-corrected chi connectivity index (χ3v) is 11.2. The maximum absolute atomic E-state index is 14.0. The smallest absolute Gasteiger partial charge is 0.254 e. The number of ether oxygens (including phenoxy) is 1. The second-order valence-corrected chi connectivity index (χ2v) is 13.1. The first-order valence-corrected chi connectivity index (χ1v) is 15.9. The number of carbonyl (C=O) groups excluding carboxylic acids is 4. The molecule has 2 aliphatic carbocycles. The van der Waals surface area contributed by atoms with E-state index in [0.29, 0.717) is 23.3 Å². The van der Waals surface area contributed by atoms with E-state index < -0.39 is 45.2 Å². The van der Waals surface area contributed by atoms with Crippen molar-refractivity contribution in [2.45, 2.75) is 34.9 Å². The van der Waals surface area contributed by atoms with Crippen molar-refractivity contribution in [1.29, 1.82) is 0 Å². The van der Waals surface area contributed by atoms with Crippen LogP contribution in [0.5, 0.6) is 11.5 Å². The van der Waals surface area contributed by atoms with Crippen molar-refractivity contribution in [3.8, 4) is 11.5 Å². The number of fused-ring (bicyclic) bond motifs is 4. The number of aliphatic hydroxyl groups excluding tert-OH is 1. The van der Waals surface area contributed by atoms with Crippen molar-refractivity contribution in [3.63, 3.8) is 0 Å². The van der Waals surface area contributed by atoms with Crippen LogP contribution in [0.1, 0.15) is 29.9 Å². The van der Waals surface area contributed by atoms with Crippen LogP contribution in [0.25, 0.3) is 0 Å². The van der Waals surface area contributed by atoms with Crippen LogP contribution in [0.2, 0.25) is 0 Å². The zero-order valence-electron chi connectivity index (χ0n) is 22.9. The molecular formula is C31H29BrCl2N2O7. The second kappa shape index (κ2) is 11.2. The van der Waals surface area contributed by atoms with Crippen LogP contribution >= 0.6 is 39.1 Å². The zero-order chi connectivity index (χ0) is 30.7. The maximum atomic E-state index is 14.0. The summed E-state index contributed by atoms with van der Waals surface area (Å²) in [6.07, 6.45) is 2.46. The van der Waals surface area contributed by atoms with Crippen molar-refractivity contribution in [3.05, 3.63) is 71.3 Å². The lowest BCUT2D eigenvalue weighted by molar-refractivity contribution is -0.141. The summed E-state index contributed by atoms with van der Waals surface area (Å²) in [6.45, 7) is -0.0918. The van der Waals surface area contributed by atoms with Gasteiger partial charge in [0.1, 0.15) is 18.1 Å². The molecule has 2 N–H and O–H groups in total. The molecule has 2 heterocycles. The number of imide groups is 2. The molecule has 43 heavy (non-hydrogen) atoms. The van der Waals surface area contributed by atoms with Crippen molar-refractivity contribution in [2.24, 2.45) is 17.8 Å². The maximum Gasteiger partial charge on any atom is 0.254 e. The molecule has 3 fully saturated rings. The molecule has 6 rings (SSSR count). The Bertz CT molecular complexity index is 1530. The van der Waals surface area contributed by atoms with Gasteiger partial charge in [-0.25, -0.2) is 0 Å². The van der Waals surface area contributed by atoms with Gasteiger partial charge in [0.05, 0.1) is 23.9 Å². The van der Waals surface area contributed by atoms with Crippen molar-refractivity contribution in [1.82, 2.24) is 9.80 Å². The molecule has 9 nitrogen and oxygen atoms in total. The predicted molar refractivity (Wildman–Crippen MR) is 161 cm³/mol. The summed E-state index contributed by atoms with van der Waals surface area (Å²) < 4.78 is 5.84. The minimum Gasteiger partial charge on any atom is -0.508 e. The predicted octanol–water partition coefficient (Wildman–Crippen LogP) is 3.72. The summed E-state index contributed by atoms with van der Waals surface area (Å²) in [6, 6.07) is 13.5. The Hall–Kier alpha value is -2.92. The van der Waals surface area contributed by atoms with Gasteiger partial charge in [-0.2, -0.15) is 0 Å². The fourth-order valence-corrected chi connectivity index (χ4v) is 8.71. The SMILES string of the molecule is O=C1C2CC=C3C(CC4(Cl)C(=O)N(CBr)C(=O)C4(Cl)C3c3ccccc3OCCO)C2C(=O)N1CCc1ccc(O)cc1. The van der Waals surface area contributed by atoms with E-state index >= 15 is 0 Å². The van der Waals surface area contributed by atoms with E-state index in [2.05, 4.69) is 15.9 Å². The van der Waals surface area contributed by atoms with Gasteiger partial charge < -0.3 is 14.9 Å². The summed E-state index contributed by atoms with van der Waals surface area (Å²) in [5.41, 5.74) is 1.93. The van der Waals surface area contributed by atoms with E-state index in [9.17, 15) is 29.4 Å². The number of benzene rings is 2. The van der Waals surface area contributed by atoms with Crippen LogP contribution in [0, 0.1) is 17.8 Å². The monoisotopic (exact) mass is 690 g/mol. The average molecular weight is 692 g/mol. The number of likely N-dealkylation sites (tertiary alicyclic amines) is 2. The molecule has 1 saturated carbocycles. The number of hydrogen-bond donors (Lipinski definition) is 2. The molecule has 12 heteroatoms. The zero-order valence-corrected chi connectivity index (χ0v) is 26.0. The minimum atomic E-state index is -1.93. The molecule has 226 valence electrons. The van der Waals surface area contributed by atoms with Gasteiger partial charge in [-0.1, -0.05) is 57.9 Å². The Morgan fingerprint density at radius 1 is 0.953 bits per heavy atom. The number of allylic oxidation sites excluding steroid dienone is 2. The third-order valence-electron chi connectivity index (χ3n) is 9.25. The summed E-state index contributed by atoms with van der Waals surface area (Å²) in [7, 11) is 0. The molecular weight excluding hydrogens is 663 g/mol. The van der Waals surface area contributed by atoms with E-state index in [0.717, 1.165) is 10.5 Å². The second-order valence-electron chi connectivity index (χ2n) is 11.3. The molecule has 2 aliphatic heterocycles. The standard InChI is InChI=1S/C31H29BrCl2N2O7/c32-16-36-28(41)30(33)15-22-19(25(31(30,34)29(36)42)20-3-1-2-4-23(20)43-14-13-37)9-10-21-24(22)27(40)35(26(21)39)12-11-17-5-7-18(38)8-6-17/h1-9,21-22,24-25,37-38H,10-16H2. The summed E-state index contributed by atoms with van der Waals surface area (Å²) in [4.78, 5) is 53.8. The quantitative estimate of drug-likeness (QED) is 0.187. The number of aliphatic hydroxyl groups is 1. The van der Waals surface area contributed by atoms with Gasteiger partial charge in [0.25, 0.3) is 11.8 Å². The molecule has 4 amide bonds. The van der Waals surface area contributed by atoms with Crippen LogP contribution in [0.3, 0.4) is 0 Å². The van der Waals surface area contributed by atoms with Gasteiger partial charge in [0.15, 0.2) is 9.75 Å². The lowest BCUT2D eigenvalue weighted by Gasteiger charge is -2.51. The van der Waals surface area contributed by atoms with Crippen molar-refractivity contribution in [2.75, 3.05) is 25.2 Å². The largest absolute Gasteiger partial charge is 0.508 e. The molecule has 6 atom stereocenters. The number of aromatic hydroxyl groups is 1. The van der Waals surface area contributed by atoms with Crippen LogP contribution in [0.4, 0.5) is 0 Å². The highest BCUT2D eigenvalue weighted by Crippen LogP contribution is 2.66. The van der Waals surface area contributed by atoms with Crippen LogP contribution in [0.15, 0.2) is 60.2 Å². The Kier molecular flexibility index (Phi) is 7.86. The Balaban J connectivity index is 1.42.